The SMILES string of the molecule is Cc1cc(N)c(OC2CCN(C(=O)OC(C)(C)C)CC2)cc1Cl. The molecule has 0 aromatic heterocycles. The smallest absolute Gasteiger partial charge is 0.410 e. The molecule has 128 valence electrons. The van der Waals surface area contributed by atoms with Gasteiger partial charge in [-0.15, -0.1) is 0 Å². The molecule has 0 bridgehead atoms. The Morgan fingerprint density at radius 2 is 1.91 bits per heavy atom. The number of benzene rings is 1. The van der Waals surface area contributed by atoms with Crippen LogP contribution in [0.15, 0.2) is 12.1 Å². The van der Waals surface area contributed by atoms with Gasteiger partial charge in [0.25, 0.3) is 0 Å². The van der Waals surface area contributed by atoms with Crippen LogP contribution in [0.5, 0.6) is 5.75 Å². The molecule has 5 nitrogen and oxygen atoms in total. The Labute approximate surface area is 142 Å². The second-order valence-electron chi connectivity index (χ2n) is 6.92. The number of anilines is 1. The molecule has 1 heterocycles. The van der Waals surface area contributed by atoms with Gasteiger partial charge in [-0.2, -0.15) is 0 Å². The second kappa shape index (κ2) is 6.87. The van der Waals surface area contributed by atoms with Crippen LogP contribution in [0.25, 0.3) is 0 Å². The molecule has 23 heavy (non-hydrogen) atoms. The van der Waals surface area contributed by atoms with Crippen LogP contribution in [-0.2, 0) is 4.74 Å². The van der Waals surface area contributed by atoms with E-state index in [9.17, 15) is 4.79 Å². The Hall–Kier alpha value is -1.62. The number of likely N-dealkylation sites (tertiary alicyclic amines) is 1. The Kier molecular flexibility index (Phi) is 5.30. The molecule has 2 N–H and O–H groups in total. The van der Waals surface area contributed by atoms with Crippen molar-refractivity contribution in [2.45, 2.75) is 52.2 Å². The summed E-state index contributed by atoms with van der Waals surface area (Å²) in [5, 5.41) is 0.639. The molecule has 0 atom stereocenters. The molecular formula is C17H25ClN2O3. The molecule has 0 spiro atoms. The molecule has 1 aromatic rings. The van der Waals surface area contributed by atoms with Crippen molar-refractivity contribution < 1.29 is 14.3 Å². The van der Waals surface area contributed by atoms with Crippen LogP contribution in [-0.4, -0.2) is 35.8 Å². The van der Waals surface area contributed by atoms with E-state index >= 15 is 0 Å². The summed E-state index contributed by atoms with van der Waals surface area (Å²) in [6.45, 7) is 8.72. The lowest BCUT2D eigenvalue weighted by Crippen LogP contribution is -2.44. The fourth-order valence-electron chi connectivity index (χ4n) is 2.45. The van der Waals surface area contributed by atoms with Gasteiger partial charge in [-0.3, -0.25) is 0 Å². The molecule has 0 aliphatic carbocycles. The largest absolute Gasteiger partial charge is 0.488 e. The predicted molar refractivity (Wildman–Crippen MR) is 92.1 cm³/mol. The third-order valence-corrected chi connectivity index (χ3v) is 4.09. The number of hydrogen-bond donors (Lipinski definition) is 1. The van der Waals surface area contributed by atoms with Gasteiger partial charge in [0.2, 0.25) is 0 Å². The summed E-state index contributed by atoms with van der Waals surface area (Å²) < 4.78 is 11.4. The minimum Gasteiger partial charge on any atom is -0.488 e. The third kappa shape index (κ3) is 4.93. The van der Waals surface area contributed by atoms with Crippen LogP contribution in [0, 0.1) is 6.92 Å². The first-order valence-corrected chi connectivity index (χ1v) is 8.24. The number of nitrogen functional groups attached to an aromatic ring is 1. The second-order valence-corrected chi connectivity index (χ2v) is 7.33. The number of rotatable bonds is 2. The Balaban J connectivity index is 1.90. The highest BCUT2D eigenvalue weighted by molar-refractivity contribution is 6.31. The van der Waals surface area contributed by atoms with E-state index in [1.165, 1.54) is 0 Å². The average molecular weight is 341 g/mol. The van der Waals surface area contributed by atoms with E-state index in [0.717, 1.165) is 18.4 Å². The number of ether oxygens (including phenoxy) is 2. The third-order valence-electron chi connectivity index (χ3n) is 3.68. The lowest BCUT2D eigenvalue weighted by atomic mass is 10.1. The number of halogens is 1. The van der Waals surface area contributed by atoms with Crippen LogP contribution >= 0.6 is 11.6 Å². The number of nitrogens with zero attached hydrogens (tertiary/aromatic N) is 1. The maximum Gasteiger partial charge on any atom is 0.410 e. The molecule has 0 radical (unpaired) electrons. The Bertz CT molecular complexity index is 576. The minimum absolute atomic E-state index is 0.0229. The molecule has 0 saturated carbocycles. The van der Waals surface area contributed by atoms with Crippen LogP contribution in [0.2, 0.25) is 5.02 Å². The van der Waals surface area contributed by atoms with Gasteiger partial charge < -0.3 is 20.1 Å². The van der Waals surface area contributed by atoms with E-state index in [1.54, 1.807) is 11.0 Å². The highest BCUT2D eigenvalue weighted by Gasteiger charge is 2.27. The fraction of sp³-hybridized carbons (Fsp3) is 0.588. The van der Waals surface area contributed by atoms with Crippen molar-refractivity contribution in [2.75, 3.05) is 18.8 Å². The molecular weight excluding hydrogens is 316 g/mol. The molecule has 1 aliphatic rings. The van der Waals surface area contributed by atoms with E-state index in [2.05, 4.69) is 0 Å². The molecule has 1 aromatic carbocycles. The first-order valence-electron chi connectivity index (χ1n) is 7.86. The summed E-state index contributed by atoms with van der Waals surface area (Å²) in [5.74, 6) is 0.608. The fourth-order valence-corrected chi connectivity index (χ4v) is 2.60. The Morgan fingerprint density at radius 3 is 2.48 bits per heavy atom. The zero-order chi connectivity index (χ0) is 17.2. The lowest BCUT2D eigenvalue weighted by molar-refractivity contribution is 0.0127. The van der Waals surface area contributed by atoms with E-state index < -0.39 is 5.60 Å². The van der Waals surface area contributed by atoms with Gasteiger partial charge in [0.05, 0.1) is 5.69 Å². The van der Waals surface area contributed by atoms with E-state index in [-0.39, 0.29) is 12.2 Å². The Morgan fingerprint density at radius 1 is 1.30 bits per heavy atom. The molecule has 1 amide bonds. The summed E-state index contributed by atoms with van der Waals surface area (Å²) in [5.41, 5.74) is 7.02. The van der Waals surface area contributed by atoms with E-state index in [4.69, 9.17) is 26.8 Å². The lowest BCUT2D eigenvalue weighted by Gasteiger charge is -2.33. The average Bonchev–Trinajstić information content (AvgIpc) is 2.43. The van der Waals surface area contributed by atoms with Crippen molar-refractivity contribution in [1.82, 2.24) is 4.90 Å². The summed E-state index contributed by atoms with van der Waals surface area (Å²) in [6, 6.07) is 3.57. The zero-order valence-electron chi connectivity index (χ0n) is 14.2. The number of piperidine rings is 1. The van der Waals surface area contributed by atoms with E-state index in [0.29, 0.717) is 29.5 Å². The van der Waals surface area contributed by atoms with Gasteiger partial charge in [-0.1, -0.05) is 11.6 Å². The predicted octanol–water partition coefficient (Wildman–Crippen LogP) is 4.01. The summed E-state index contributed by atoms with van der Waals surface area (Å²) in [6.07, 6.45) is 1.23. The topological polar surface area (TPSA) is 64.8 Å². The standard InChI is InChI=1S/C17H25ClN2O3/c1-11-9-14(19)15(10-13(11)18)22-12-5-7-20(8-6-12)16(21)23-17(2,3)4/h9-10,12H,5-8,19H2,1-4H3. The monoisotopic (exact) mass is 340 g/mol. The first-order chi connectivity index (χ1) is 10.7. The number of amides is 1. The van der Waals surface area contributed by atoms with Crippen LogP contribution in [0.4, 0.5) is 10.5 Å². The molecule has 1 fully saturated rings. The van der Waals surface area contributed by atoms with Crippen molar-refractivity contribution >= 4 is 23.4 Å². The van der Waals surface area contributed by atoms with Crippen molar-refractivity contribution in [3.8, 4) is 5.75 Å². The highest BCUT2D eigenvalue weighted by atomic mass is 35.5. The summed E-state index contributed by atoms with van der Waals surface area (Å²) in [4.78, 5) is 13.8. The van der Waals surface area contributed by atoms with Crippen molar-refractivity contribution in [2.24, 2.45) is 0 Å². The van der Waals surface area contributed by atoms with Crippen LogP contribution in [0.3, 0.4) is 0 Å². The first kappa shape index (κ1) is 17.7. The number of carbonyl (C=O) groups excluding carboxylic acids is 1. The highest BCUT2D eigenvalue weighted by Crippen LogP contribution is 2.31. The summed E-state index contributed by atoms with van der Waals surface area (Å²) >= 11 is 6.12. The molecule has 1 aliphatic heterocycles. The van der Waals surface area contributed by atoms with Crippen molar-refractivity contribution in [1.29, 1.82) is 0 Å². The molecule has 6 heteroatoms. The summed E-state index contributed by atoms with van der Waals surface area (Å²) in [7, 11) is 0. The van der Waals surface area contributed by atoms with Crippen molar-refractivity contribution in [3.63, 3.8) is 0 Å². The number of aryl methyl sites for hydroxylation is 1. The number of carbonyl (C=O) groups is 1. The molecule has 0 unspecified atom stereocenters. The van der Waals surface area contributed by atoms with Gasteiger partial charge in [0.1, 0.15) is 17.5 Å². The van der Waals surface area contributed by atoms with Crippen LogP contribution < -0.4 is 10.5 Å². The van der Waals surface area contributed by atoms with Gasteiger partial charge >= 0.3 is 6.09 Å². The van der Waals surface area contributed by atoms with Gasteiger partial charge in [0.15, 0.2) is 0 Å². The van der Waals surface area contributed by atoms with Gasteiger partial charge in [0, 0.05) is 37.0 Å². The normalized spacial score (nSPS) is 16.3. The van der Waals surface area contributed by atoms with E-state index in [1.807, 2.05) is 33.8 Å². The van der Waals surface area contributed by atoms with Crippen LogP contribution in [0.1, 0.15) is 39.2 Å². The maximum atomic E-state index is 12.0. The number of nitrogens with two attached hydrogens (primary N) is 1. The maximum absolute atomic E-state index is 12.0. The van der Waals surface area contributed by atoms with Gasteiger partial charge in [-0.25, -0.2) is 4.79 Å². The number of hydrogen-bond acceptors (Lipinski definition) is 4. The minimum atomic E-state index is -0.475. The molecule has 1 saturated heterocycles. The zero-order valence-corrected chi connectivity index (χ0v) is 14.9. The van der Waals surface area contributed by atoms with Crippen molar-refractivity contribution in [3.05, 3.63) is 22.7 Å². The molecule has 2 rings (SSSR count). The van der Waals surface area contributed by atoms with Gasteiger partial charge in [-0.05, 0) is 39.3 Å². The quantitative estimate of drug-likeness (QED) is 0.826.